The van der Waals surface area contributed by atoms with Crippen molar-refractivity contribution in [2.45, 2.75) is 42.7 Å². The Kier molecular flexibility index (Phi) is 5.33. The van der Waals surface area contributed by atoms with Crippen molar-refractivity contribution in [2.75, 3.05) is 0 Å². The predicted molar refractivity (Wildman–Crippen MR) is 125 cm³/mol. The molecule has 3 aromatic heterocycles. The second-order valence-electron chi connectivity index (χ2n) is 8.65. The third-order valence-corrected chi connectivity index (χ3v) is 6.12. The zero-order chi connectivity index (χ0) is 23.0. The predicted octanol–water partition coefficient (Wildman–Crippen LogP) is 4.44. The molecule has 0 amide bonds. The third kappa shape index (κ3) is 4.45. The van der Waals surface area contributed by atoms with Crippen LogP contribution < -0.4 is 5.69 Å². The number of nitrogens with zero attached hydrogens (tertiary/aromatic N) is 6. The maximum atomic E-state index is 12.7. The zero-order valence-corrected chi connectivity index (χ0v) is 19.3. The van der Waals surface area contributed by atoms with Crippen molar-refractivity contribution >= 4 is 17.4 Å². The highest BCUT2D eigenvalue weighted by Gasteiger charge is 2.16. The quantitative estimate of drug-likeness (QED) is 0.360. The molecule has 0 aliphatic carbocycles. The maximum Gasteiger partial charge on any atom is 0.352 e. The van der Waals surface area contributed by atoms with Gasteiger partial charge in [-0.15, -0.1) is 5.10 Å². The molecule has 2 aromatic carbocycles. The Morgan fingerprint density at radius 1 is 1.03 bits per heavy atom. The van der Waals surface area contributed by atoms with Crippen LogP contribution in [0, 0.1) is 0 Å². The van der Waals surface area contributed by atoms with Crippen LogP contribution in [0.25, 0.3) is 17.0 Å². The van der Waals surface area contributed by atoms with E-state index in [0.29, 0.717) is 17.4 Å². The van der Waals surface area contributed by atoms with Gasteiger partial charge in [0.05, 0.1) is 0 Å². The highest BCUT2D eigenvalue weighted by molar-refractivity contribution is 7.99. The molecule has 3 heterocycles. The molecule has 0 bridgehead atoms. The van der Waals surface area contributed by atoms with Crippen molar-refractivity contribution in [1.82, 2.24) is 29.3 Å². The number of fused-ring (bicyclic) bond motifs is 1. The summed E-state index contributed by atoms with van der Waals surface area (Å²) in [5, 5.41) is 9.24. The normalized spacial score (nSPS) is 11.8. The highest BCUT2D eigenvalue weighted by Crippen LogP contribution is 2.26. The summed E-state index contributed by atoms with van der Waals surface area (Å²) >= 11 is 1.51. The van der Waals surface area contributed by atoms with E-state index in [2.05, 4.69) is 53.1 Å². The second-order valence-corrected chi connectivity index (χ2v) is 9.74. The van der Waals surface area contributed by atoms with Crippen molar-refractivity contribution < 1.29 is 4.52 Å². The zero-order valence-electron chi connectivity index (χ0n) is 18.5. The molecule has 0 atom stereocenters. The van der Waals surface area contributed by atoms with E-state index in [1.54, 1.807) is 6.07 Å². The van der Waals surface area contributed by atoms with Gasteiger partial charge in [-0.1, -0.05) is 80.2 Å². The molecule has 0 spiro atoms. The maximum absolute atomic E-state index is 12.7. The fourth-order valence-electron chi connectivity index (χ4n) is 3.36. The van der Waals surface area contributed by atoms with Gasteiger partial charge < -0.3 is 4.52 Å². The first-order valence-electron chi connectivity index (χ1n) is 10.5. The Balaban J connectivity index is 1.37. The lowest BCUT2D eigenvalue weighted by Gasteiger charge is -2.18. The van der Waals surface area contributed by atoms with Gasteiger partial charge >= 0.3 is 5.69 Å². The molecule has 8 nitrogen and oxygen atoms in total. The van der Waals surface area contributed by atoms with Gasteiger partial charge in [0.2, 0.25) is 11.7 Å². The summed E-state index contributed by atoms with van der Waals surface area (Å²) in [4.78, 5) is 22.6. The average molecular weight is 459 g/mol. The molecular formula is C24H22N6O2S. The molecule has 5 aromatic rings. The minimum atomic E-state index is -0.317. The third-order valence-electron chi connectivity index (χ3n) is 5.18. The van der Waals surface area contributed by atoms with Crippen LogP contribution in [-0.2, 0) is 12.0 Å². The van der Waals surface area contributed by atoms with Crippen molar-refractivity contribution in [3.63, 3.8) is 0 Å². The molecule has 0 N–H and O–H groups in total. The van der Waals surface area contributed by atoms with E-state index >= 15 is 0 Å². The minimum Gasteiger partial charge on any atom is -0.337 e. The fourth-order valence-corrected chi connectivity index (χ4v) is 4.16. The Hall–Kier alpha value is -3.72. The first-order chi connectivity index (χ1) is 15.9. The molecule has 9 heteroatoms. The lowest BCUT2D eigenvalue weighted by Crippen LogP contribution is -2.21. The molecule has 166 valence electrons. The largest absolute Gasteiger partial charge is 0.352 e. The lowest BCUT2D eigenvalue weighted by molar-refractivity contribution is 0.364. The minimum absolute atomic E-state index is 0.0690. The lowest BCUT2D eigenvalue weighted by atomic mass is 9.87. The second kappa shape index (κ2) is 8.32. The topological polar surface area (TPSA) is 91.1 Å². The van der Waals surface area contributed by atoms with Gasteiger partial charge in [-0.3, -0.25) is 0 Å². The molecule has 0 aliphatic heterocycles. The van der Waals surface area contributed by atoms with E-state index in [9.17, 15) is 4.79 Å². The molecule has 33 heavy (non-hydrogen) atoms. The SMILES string of the molecule is CC(C)(C)c1ccc(-c2noc(Cn3nc4cc(Sc5ccccc5)ncn4c3=O)n2)cc1. The van der Waals surface area contributed by atoms with E-state index in [1.807, 2.05) is 42.5 Å². The van der Waals surface area contributed by atoms with Crippen LogP contribution in [-0.4, -0.2) is 29.3 Å². The number of hydrogen-bond acceptors (Lipinski definition) is 7. The van der Waals surface area contributed by atoms with Crippen molar-refractivity contribution in [2.24, 2.45) is 0 Å². The number of hydrogen-bond donors (Lipinski definition) is 0. The average Bonchev–Trinajstić information content (AvgIpc) is 3.39. The van der Waals surface area contributed by atoms with Crippen LogP contribution in [0.2, 0.25) is 0 Å². The van der Waals surface area contributed by atoms with Gasteiger partial charge in [0.1, 0.15) is 17.9 Å². The number of rotatable bonds is 5. The summed E-state index contributed by atoms with van der Waals surface area (Å²) in [6, 6.07) is 19.8. The summed E-state index contributed by atoms with van der Waals surface area (Å²) < 4.78 is 8.08. The smallest absolute Gasteiger partial charge is 0.337 e. The summed E-state index contributed by atoms with van der Waals surface area (Å²) in [5.41, 5.74) is 2.34. The van der Waals surface area contributed by atoms with Gasteiger partial charge in [-0.2, -0.15) is 4.98 Å². The van der Waals surface area contributed by atoms with Crippen molar-refractivity contribution in [3.8, 4) is 11.4 Å². The van der Waals surface area contributed by atoms with Gasteiger partial charge in [-0.25, -0.2) is 18.9 Å². The molecule has 0 saturated carbocycles. The van der Waals surface area contributed by atoms with Gasteiger partial charge in [0.15, 0.2) is 5.65 Å². The van der Waals surface area contributed by atoms with Crippen LogP contribution in [0.4, 0.5) is 0 Å². The molecule has 5 rings (SSSR count). The molecular weight excluding hydrogens is 436 g/mol. The van der Waals surface area contributed by atoms with Crippen LogP contribution in [0.5, 0.6) is 0 Å². The summed E-state index contributed by atoms with van der Waals surface area (Å²) in [6.07, 6.45) is 1.49. The van der Waals surface area contributed by atoms with Gasteiger partial charge in [-0.05, 0) is 23.1 Å². The number of benzene rings is 2. The van der Waals surface area contributed by atoms with Crippen molar-refractivity contribution in [3.05, 3.63) is 88.9 Å². The van der Waals surface area contributed by atoms with E-state index in [1.165, 1.54) is 32.7 Å². The Morgan fingerprint density at radius 3 is 2.52 bits per heavy atom. The molecule has 0 unspecified atom stereocenters. The first kappa shape index (κ1) is 21.1. The van der Waals surface area contributed by atoms with Gasteiger partial charge in [0, 0.05) is 16.5 Å². The van der Waals surface area contributed by atoms with Crippen LogP contribution in [0.15, 0.2) is 86.2 Å². The molecule has 0 radical (unpaired) electrons. The highest BCUT2D eigenvalue weighted by atomic mass is 32.2. The van der Waals surface area contributed by atoms with Gasteiger partial charge in [0.25, 0.3) is 0 Å². The Bertz CT molecular complexity index is 1460. The molecule has 0 aliphatic rings. The Morgan fingerprint density at radius 2 is 1.79 bits per heavy atom. The van der Waals surface area contributed by atoms with E-state index < -0.39 is 0 Å². The van der Waals surface area contributed by atoms with E-state index in [-0.39, 0.29) is 17.6 Å². The number of aromatic nitrogens is 6. The Labute approximate surface area is 194 Å². The van der Waals surface area contributed by atoms with Crippen molar-refractivity contribution in [1.29, 1.82) is 0 Å². The fraction of sp³-hybridized carbons (Fsp3) is 0.208. The van der Waals surface area contributed by atoms with E-state index in [4.69, 9.17) is 4.52 Å². The van der Waals surface area contributed by atoms with Crippen LogP contribution in [0.3, 0.4) is 0 Å². The van der Waals surface area contributed by atoms with Crippen LogP contribution in [0.1, 0.15) is 32.2 Å². The van der Waals surface area contributed by atoms with Crippen LogP contribution >= 0.6 is 11.8 Å². The monoisotopic (exact) mass is 458 g/mol. The summed E-state index contributed by atoms with van der Waals surface area (Å²) in [5.74, 6) is 0.785. The molecule has 0 fully saturated rings. The van der Waals surface area contributed by atoms with E-state index in [0.717, 1.165) is 15.5 Å². The molecule has 0 saturated heterocycles. The summed E-state index contributed by atoms with van der Waals surface area (Å²) in [6.45, 7) is 6.58. The first-order valence-corrected chi connectivity index (χ1v) is 11.3. The summed E-state index contributed by atoms with van der Waals surface area (Å²) in [7, 11) is 0. The standard InChI is InChI=1S/C24H22N6O2S/c1-24(2,3)17-11-9-16(10-12-17)22-26-20(32-28-22)14-30-23(31)29-15-25-21(13-19(29)27-30)33-18-7-5-4-6-8-18/h4-13,15H,14H2,1-3H3.